The van der Waals surface area contributed by atoms with Crippen LogP contribution in [0.2, 0.25) is 10.0 Å². The predicted octanol–water partition coefficient (Wildman–Crippen LogP) is 3.88. The van der Waals surface area contributed by atoms with Gasteiger partial charge < -0.3 is 33.7 Å². The molecule has 228 valence electrons. The van der Waals surface area contributed by atoms with E-state index in [-0.39, 0.29) is 37.7 Å². The molecule has 0 radical (unpaired) electrons. The first kappa shape index (κ1) is 33.6. The van der Waals surface area contributed by atoms with Crippen molar-refractivity contribution in [2.75, 3.05) is 86.6 Å². The average Bonchev–Trinajstić information content (AvgIpc) is 3.43. The summed E-state index contributed by atoms with van der Waals surface area (Å²) in [4.78, 5) is 17.5. The fourth-order valence-corrected chi connectivity index (χ4v) is 4.93. The van der Waals surface area contributed by atoms with Crippen molar-refractivity contribution in [1.82, 2.24) is 9.80 Å². The SMILES string of the molecule is COCCOCCOCCO[C@H]1CCN(CC(c2ccc(OCCO)cc2)N(C)C(=O)Cc2ccc(Cl)c(Cl)c2)C1. The molecule has 0 aromatic heterocycles. The Morgan fingerprint density at radius 3 is 2.39 bits per heavy atom. The number of aliphatic hydroxyl groups is 1. The molecule has 3 rings (SSSR count). The minimum atomic E-state index is -0.183. The lowest BCUT2D eigenvalue weighted by Gasteiger charge is -2.32. The number of aliphatic hydroxyl groups excluding tert-OH is 1. The van der Waals surface area contributed by atoms with E-state index in [4.69, 9.17) is 52.0 Å². The van der Waals surface area contributed by atoms with Crippen molar-refractivity contribution in [2.24, 2.45) is 0 Å². The molecular formula is C30H42Cl2N2O7. The van der Waals surface area contributed by atoms with E-state index in [1.54, 1.807) is 24.1 Å². The maximum absolute atomic E-state index is 13.4. The minimum absolute atomic E-state index is 0.0238. The average molecular weight is 614 g/mol. The fraction of sp³-hybridized carbons (Fsp3) is 0.567. The minimum Gasteiger partial charge on any atom is -0.491 e. The molecular weight excluding hydrogens is 571 g/mol. The lowest BCUT2D eigenvalue weighted by molar-refractivity contribution is -0.131. The normalized spacial score (nSPS) is 16.2. The van der Waals surface area contributed by atoms with Gasteiger partial charge in [0.2, 0.25) is 5.91 Å². The van der Waals surface area contributed by atoms with Gasteiger partial charge in [-0.25, -0.2) is 0 Å². The monoisotopic (exact) mass is 612 g/mol. The van der Waals surface area contributed by atoms with Crippen molar-refractivity contribution in [3.63, 3.8) is 0 Å². The summed E-state index contributed by atoms with van der Waals surface area (Å²) in [6.07, 6.45) is 1.25. The maximum atomic E-state index is 13.4. The van der Waals surface area contributed by atoms with Gasteiger partial charge in [0.05, 0.1) is 74.9 Å². The Bertz CT molecular complexity index is 1040. The molecule has 1 unspecified atom stereocenters. The van der Waals surface area contributed by atoms with Gasteiger partial charge >= 0.3 is 0 Å². The molecule has 1 fully saturated rings. The van der Waals surface area contributed by atoms with Gasteiger partial charge in [-0.3, -0.25) is 9.69 Å². The van der Waals surface area contributed by atoms with Gasteiger partial charge in [-0.1, -0.05) is 41.4 Å². The largest absolute Gasteiger partial charge is 0.491 e. The first-order valence-electron chi connectivity index (χ1n) is 13.9. The second-order valence-electron chi connectivity index (χ2n) is 9.85. The Morgan fingerprint density at radius 2 is 1.71 bits per heavy atom. The van der Waals surface area contributed by atoms with Crippen LogP contribution in [-0.4, -0.2) is 114 Å². The second kappa shape index (κ2) is 18.6. The van der Waals surface area contributed by atoms with Gasteiger partial charge in [0.15, 0.2) is 0 Å². The summed E-state index contributed by atoms with van der Waals surface area (Å²) >= 11 is 12.2. The van der Waals surface area contributed by atoms with Crippen molar-refractivity contribution < 1.29 is 33.6 Å². The highest BCUT2D eigenvalue weighted by Crippen LogP contribution is 2.27. The number of likely N-dealkylation sites (tertiary alicyclic amines) is 1. The Morgan fingerprint density at radius 1 is 1.00 bits per heavy atom. The van der Waals surface area contributed by atoms with Gasteiger partial charge in [0, 0.05) is 33.8 Å². The molecule has 1 aliphatic rings. The molecule has 2 aromatic rings. The number of amides is 1. The fourth-order valence-electron chi connectivity index (χ4n) is 4.61. The van der Waals surface area contributed by atoms with Crippen molar-refractivity contribution in [3.8, 4) is 5.75 Å². The summed E-state index contributed by atoms with van der Waals surface area (Å²) < 4.78 is 27.5. The quantitative estimate of drug-likeness (QED) is 0.239. The molecule has 1 amide bonds. The summed E-state index contributed by atoms with van der Waals surface area (Å²) in [6, 6.07) is 12.8. The molecule has 41 heavy (non-hydrogen) atoms. The predicted molar refractivity (Wildman–Crippen MR) is 159 cm³/mol. The van der Waals surface area contributed by atoms with Crippen molar-refractivity contribution >= 4 is 29.1 Å². The number of benzene rings is 2. The number of ether oxygens (including phenoxy) is 5. The highest BCUT2D eigenvalue weighted by Gasteiger charge is 2.29. The molecule has 0 aliphatic carbocycles. The topological polar surface area (TPSA) is 89.9 Å². The lowest BCUT2D eigenvalue weighted by atomic mass is 10.0. The summed E-state index contributed by atoms with van der Waals surface area (Å²) in [5, 5.41) is 9.94. The van der Waals surface area contributed by atoms with E-state index in [2.05, 4.69) is 4.90 Å². The van der Waals surface area contributed by atoms with Gasteiger partial charge in [-0.2, -0.15) is 0 Å². The van der Waals surface area contributed by atoms with Crippen molar-refractivity contribution in [2.45, 2.75) is 25.0 Å². The Labute approximate surface area is 253 Å². The highest BCUT2D eigenvalue weighted by atomic mass is 35.5. The molecule has 1 heterocycles. The smallest absolute Gasteiger partial charge is 0.227 e. The van der Waals surface area contributed by atoms with Crippen LogP contribution in [0.25, 0.3) is 0 Å². The molecule has 2 atom stereocenters. The third-order valence-electron chi connectivity index (χ3n) is 6.87. The molecule has 11 heteroatoms. The molecule has 2 aromatic carbocycles. The number of rotatable bonds is 19. The number of halogens is 2. The molecule has 9 nitrogen and oxygen atoms in total. The summed E-state index contributed by atoms with van der Waals surface area (Å²) in [6.45, 7) is 5.74. The lowest BCUT2D eigenvalue weighted by Crippen LogP contribution is -2.39. The molecule has 0 saturated carbocycles. The van der Waals surface area contributed by atoms with Gasteiger partial charge in [0.25, 0.3) is 0 Å². The Kier molecular flexibility index (Phi) is 15.2. The van der Waals surface area contributed by atoms with Crippen LogP contribution in [-0.2, 0) is 30.2 Å². The molecule has 1 N–H and O–H groups in total. The van der Waals surface area contributed by atoms with Crippen molar-refractivity contribution in [3.05, 3.63) is 63.6 Å². The maximum Gasteiger partial charge on any atom is 0.227 e. The van der Waals surface area contributed by atoms with E-state index in [0.29, 0.717) is 62.0 Å². The molecule has 1 aliphatic heterocycles. The van der Waals surface area contributed by atoms with Crippen LogP contribution < -0.4 is 4.74 Å². The summed E-state index contributed by atoms with van der Waals surface area (Å²) in [5.74, 6) is 0.647. The highest BCUT2D eigenvalue weighted by molar-refractivity contribution is 6.42. The molecule has 0 bridgehead atoms. The zero-order valence-electron chi connectivity index (χ0n) is 23.9. The number of nitrogens with zero attached hydrogens (tertiary/aromatic N) is 2. The Balaban J connectivity index is 1.55. The van der Waals surface area contributed by atoms with E-state index < -0.39 is 0 Å². The van der Waals surface area contributed by atoms with Crippen molar-refractivity contribution in [1.29, 1.82) is 0 Å². The third kappa shape index (κ3) is 11.7. The Hall–Kier alpha value is -1.95. The van der Waals surface area contributed by atoms with E-state index in [9.17, 15) is 4.79 Å². The summed E-state index contributed by atoms with van der Waals surface area (Å²) in [5.41, 5.74) is 1.80. The number of hydrogen-bond acceptors (Lipinski definition) is 8. The van der Waals surface area contributed by atoms with Crippen LogP contribution in [0.3, 0.4) is 0 Å². The van der Waals surface area contributed by atoms with E-state index in [1.807, 2.05) is 37.4 Å². The van der Waals surface area contributed by atoms with E-state index in [1.165, 1.54) is 0 Å². The summed E-state index contributed by atoms with van der Waals surface area (Å²) in [7, 11) is 3.48. The molecule has 1 saturated heterocycles. The van der Waals surface area contributed by atoms with Gasteiger partial charge in [0.1, 0.15) is 12.4 Å². The first-order valence-corrected chi connectivity index (χ1v) is 14.7. The van der Waals surface area contributed by atoms with E-state index in [0.717, 1.165) is 30.6 Å². The third-order valence-corrected chi connectivity index (χ3v) is 7.61. The van der Waals surface area contributed by atoms with Gasteiger partial charge in [-0.05, 0) is 41.8 Å². The van der Waals surface area contributed by atoms with Crippen LogP contribution in [0, 0.1) is 0 Å². The number of carbonyl (C=O) groups excluding carboxylic acids is 1. The van der Waals surface area contributed by atoms with Crippen LogP contribution in [0.1, 0.15) is 23.6 Å². The van der Waals surface area contributed by atoms with Crippen LogP contribution in [0.5, 0.6) is 5.75 Å². The van der Waals surface area contributed by atoms with Crippen LogP contribution in [0.4, 0.5) is 0 Å². The zero-order chi connectivity index (χ0) is 29.5. The number of hydrogen-bond donors (Lipinski definition) is 1. The zero-order valence-corrected chi connectivity index (χ0v) is 25.4. The van der Waals surface area contributed by atoms with Crippen LogP contribution in [0.15, 0.2) is 42.5 Å². The van der Waals surface area contributed by atoms with Crippen LogP contribution >= 0.6 is 23.2 Å². The van der Waals surface area contributed by atoms with Gasteiger partial charge in [-0.15, -0.1) is 0 Å². The molecule has 0 spiro atoms. The number of methoxy groups -OCH3 is 1. The number of carbonyl (C=O) groups is 1. The second-order valence-corrected chi connectivity index (χ2v) is 10.7. The first-order chi connectivity index (χ1) is 19.9. The number of likely N-dealkylation sites (N-methyl/N-ethyl adjacent to an activating group) is 1. The van der Waals surface area contributed by atoms with E-state index >= 15 is 0 Å². The standard InChI is InChI=1S/C30H42Cl2N2O7/c1-33(30(36)20-23-3-8-27(31)28(32)19-23)29(24-4-6-25(7-5-24)40-12-11-35)22-34-10-9-26(21-34)41-18-17-39-16-15-38-14-13-37-2/h3-8,19,26,29,35H,9-18,20-22H2,1-2H3/t26-,29?/m0/s1.